The number of rotatable bonds is 5. The van der Waals surface area contributed by atoms with Gasteiger partial charge in [-0.25, -0.2) is 0 Å². The average molecular weight is 130 g/mol. The molecule has 0 bridgehead atoms. The van der Waals surface area contributed by atoms with Crippen LogP contribution in [-0.4, -0.2) is 24.2 Å². The van der Waals surface area contributed by atoms with E-state index in [0.717, 1.165) is 6.54 Å². The molecular formula is C6H12NO2. The molecule has 0 rings (SSSR count). The predicted molar refractivity (Wildman–Crippen MR) is 35.1 cm³/mol. The molecule has 0 unspecified atom stereocenters. The molecule has 0 spiro atoms. The highest BCUT2D eigenvalue weighted by Gasteiger charge is 1.93. The standard InChI is InChI=1S/C6H12NO2/c1-2-7-5-3-4-6(8)9/h7H,1-5H2,(H,8,9). The Balaban J connectivity index is 2.83. The predicted octanol–water partition coefficient (Wildman–Crippen LogP) is 0.275. The average Bonchev–Trinajstić information content (AvgIpc) is 1.80. The third kappa shape index (κ3) is 7.43. The van der Waals surface area contributed by atoms with E-state index in [2.05, 4.69) is 12.2 Å². The molecule has 0 saturated carbocycles. The van der Waals surface area contributed by atoms with Gasteiger partial charge in [0.25, 0.3) is 0 Å². The first-order chi connectivity index (χ1) is 4.27. The van der Waals surface area contributed by atoms with Crippen molar-refractivity contribution >= 4 is 5.97 Å². The Kier molecular flexibility index (Phi) is 5.21. The number of carboxylic acids is 1. The Bertz CT molecular complexity index is 83.1. The number of nitrogens with one attached hydrogen (secondary N) is 1. The fraction of sp³-hybridized carbons (Fsp3) is 0.667. The summed E-state index contributed by atoms with van der Waals surface area (Å²) in [5, 5.41) is 11.1. The Labute approximate surface area is 55.1 Å². The maximum atomic E-state index is 9.92. The summed E-state index contributed by atoms with van der Waals surface area (Å²) in [7, 11) is 0. The number of hydrogen-bond acceptors (Lipinski definition) is 2. The van der Waals surface area contributed by atoms with Gasteiger partial charge in [0.15, 0.2) is 0 Å². The van der Waals surface area contributed by atoms with Crippen molar-refractivity contribution in [3.05, 3.63) is 6.92 Å². The van der Waals surface area contributed by atoms with Gasteiger partial charge in [0.1, 0.15) is 0 Å². The Morgan fingerprint density at radius 1 is 1.67 bits per heavy atom. The van der Waals surface area contributed by atoms with Gasteiger partial charge in [-0.1, -0.05) is 0 Å². The second-order valence-electron chi connectivity index (χ2n) is 1.75. The molecule has 3 nitrogen and oxygen atoms in total. The van der Waals surface area contributed by atoms with Crippen LogP contribution in [0.15, 0.2) is 0 Å². The van der Waals surface area contributed by atoms with E-state index in [1.54, 1.807) is 0 Å². The van der Waals surface area contributed by atoms with E-state index in [0.29, 0.717) is 13.0 Å². The Hall–Kier alpha value is -0.570. The smallest absolute Gasteiger partial charge is 0.303 e. The van der Waals surface area contributed by atoms with Crippen molar-refractivity contribution in [2.45, 2.75) is 12.8 Å². The van der Waals surface area contributed by atoms with E-state index < -0.39 is 5.97 Å². The largest absolute Gasteiger partial charge is 0.481 e. The zero-order valence-corrected chi connectivity index (χ0v) is 5.39. The van der Waals surface area contributed by atoms with Crippen LogP contribution in [0, 0.1) is 6.92 Å². The van der Waals surface area contributed by atoms with E-state index in [4.69, 9.17) is 5.11 Å². The van der Waals surface area contributed by atoms with Crippen LogP contribution in [0.1, 0.15) is 12.8 Å². The molecule has 3 heteroatoms. The van der Waals surface area contributed by atoms with Crippen LogP contribution in [-0.2, 0) is 4.79 Å². The lowest BCUT2D eigenvalue weighted by atomic mass is 10.3. The van der Waals surface area contributed by atoms with Gasteiger partial charge in [0.05, 0.1) is 0 Å². The van der Waals surface area contributed by atoms with Crippen LogP contribution in [0.4, 0.5) is 0 Å². The molecule has 0 saturated heterocycles. The summed E-state index contributed by atoms with van der Waals surface area (Å²) in [6.07, 6.45) is 0.928. The lowest BCUT2D eigenvalue weighted by Crippen LogP contribution is -2.15. The Morgan fingerprint density at radius 3 is 2.78 bits per heavy atom. The molecule has 2 N–H and O–H groups in total. The van der Waals surface area contributed by atoms with Crippen LogP contribution in [0.2, 0.25) is 0 Å². The summed E-state index contributed by atoms with van der Waals surface area (Å²) in [5.74, 6) is -0.735. The number of carboxylic acid groups (broad SMARTS) is 1. The second-order valence-corrected chi connectivity index (χ2v) is 1.75. The van der Waals surface area contributed by atoms with Crippen molar-refractivity contribution in [1.29, 1.82) is 0 Å². The topological polar surface area (TPSA) is 49.3 Å². The van der Waals surface area contributed by atoms with Crippen molar-refractivity contribution in [2.75, 3.05) is 13.1 Å². The summed E-state index contributed by atoms with van der Waals surface area (Å²) < 4.78 is 0. The minimum atomic E-state index is -0.735. The van der Waals surface area contributed by atoms with Crippen molar-refractivity contribution in [3.63, 3.8) is 0 Å². The lowest BCUT2D eigenvalue weighted by Gasteiger charge is -1.96. The molecule has 0 amide bonds. The van der Waals surface area contributed by atoms with E-state index >= 15 is 0 Å². The third-order valence-electron chi connectivity index (χ3n) is 0.921. The van der Waals surface area contributed by atoms with Gasteiger partial charge in [0.2, 0.25) is 0 Å². The van der Waals surface area contributed by atoms with Gasteiger partial charge >= 0.3 is 5.97 Å². The lowest BCUT2D eigenvalue weighted by molar-refractivity contribution is -0.137. The highest BCUT2D eigenvalue weighted by atomic mass is 16.4. The summed E-state index contributed by atoms with van der Waals surface area (Å²) in [4.78, 5) is 9.92. The first kappa shape index (κ1) is 8.43. The van der Waals surface area contributed by atoms with Gasteiger partial charge in [-0.05, 0) is 26.4 Å². The molecule has 0 aliphatic rings. The van der Waals surface area contributed by atoms with E-state index in [9.17, 15) is 4.79 Å². The molecule has 9 heavy (non-hydrogen) atoms. The second kappa shape index (κ2) is 5.56. The van der Waals surface area contributed by atoms with E-state index in [1.165, 1.54) is 0 Å². The molecular weight excluding hydrogens is 118 g/mol. The van der Waals surface area contributed by atoms with Gasteiger partial charge in [-0.3, -0.25) is 4.79 Å². The minimum absolute atomic E-state index is 0.243. The van der Waals surface area contributed by atoms with Crippen molar-refractivity contribution in [2.24, 2.45) is 0 Å². The van der Waals surface area contributed by atoms with Crippen LogP contribution in [0.25, 0.3) is 0 Å². The zero-order chi connectivity index (χ0) is 7.11. The molecule has 0 aliphatic heterocycles. The molecule has 0 fully saturated rings. The highest BCUT2D eigenvalue weighted by Crippen LogP contribution is 1.84. The number of carbonyl (C=O) groups is 1. The third-order valence-corrected chi connectivity index (χ3v) is 0.921. The normalized spacial score (nSPS) is 9.44. The van der Waals surface area contributed by atoms with Crippen LogP contribution >= 0.6 is 0 Å². The molecule has 0 atom stereocenters. The summed E-state index contributed by atoms with van der Waals surface area (Å²) in [6, 6.07) is 0. The van der Waals surface area contributed by atoms with Gasteiger partial charge in [0, 0.05) is 6.42 Å². The molecule has 0 heterocycles. The van der Waals surface area contributed by atoms with Gasteiger partial charge < -0.3 is 10.4 Å². The van der Waals surface area contributed by atoms with E-state index in [-0.39, 0.29) is 6.42 Å². The zero-order valence-electron chi connectivity index (χ0n) is 5.39. The first-order valence-electron chi connectivity index (χ1n) is 2.99. The van der Waals surface area contributed by atoms with Crippen LogP contribution < -0.4 is 5.32 Å². The van der Waals surface area contributed by atoms with Gasteiger partial charge in [-0.2, -0.15) is 0 Å². The number of hydrogen-bond donors (Lipinski definition) is 2. The maximum absolute atomic E-state index is 9.92. The van der Waals surface area contributed by atoms with Gasteiger partial charge in [-0.15, -0.1) is 0 Å². The minimum Gasteiger partial charge on any atom is -0.481 e. The molecule has 53 valence electrons. The Morgan fingerprint density at radius 2 is 2.33 bits per heavy atom. The van der Waals surface area contributed by atoms with Crippen molar-refractivity contribution in [1.82, 2.24) is 5.32 Å². The maximum Gasteiger partial charge on any atom is 0.303 e. The summed E-state index contributed by atoms with van der Waals surface area (Å²) in [6.45, 7) is 4.96. The van der Waals surface area contributed by atoms with Crippen LogP contribution in [0.5, 0.6) is 0 Å². The van der Waals surface area contributed by atoms with Crippen LogP contribution in [0.3, 0.4) is 0 Å². The molecule has 1 radical (unpaired) electrons. The molecule has 0 aromatic rings. The molecule has 0 aromatic heterocycles. The molecule has 0 aromatic carbocycles. The summed E-state index contributed by atoms with van der Waals surface area (Å²) in [5.41, 5.74) is 0. The summed E-state index contributed by atoms with van der Waals surface area (Å²) >= 11 is 0. The van der Waals surface area contributed by atoms with E-state index in [1.807, 2.05) is 0 Å². The van der Waals surface area contributed by atoms with Crippen molar-refractivity contribution < 1.29 is 9.90 Å². The number of aliphatic carboxylic acids is 1. The molecule has 0 aliphatic carbocycles. The monoisotopic (exact) mass is 130 g/mol. The SMILES string of the molecule is [CH2]CNCCCC(=O)O. The highest BCUT2D eigenvalue weighted by molar-refractivity contribution is 5.66. The fourth-order valence-electron chi connectivity index (χ4n) is 0.490. The van der Waals surface area contributed by atoms with Crippen molar-refractivity contribution in [3.8, 4) is 0 Å². The quantitative estimate of drug-likeness (QED) is 0.525. The fourth-order valence-corrected chi connectivity index (χ4v) is 0.490. The first-order valence-corrected chi connectivity index (χ1v) is 2.99.